The zero-order valence-electron chi connectivity index (χ0n) is 8.74. The number of hydrogen-bond donors (Lipinski definition) is 2. The lowest BCUT2D eigenvalue weighted by Gasteiger charge is -2.14. The number of amides is 1. The van der Waals surface area contributed by atoms with E-state index in [9.17, 15) is 14.9 Å². The van der Waals surface area contributed by atoms with Crippen molar-refractivity contribution < 1.29 is 9.72 Å². The van der Waals surface area contributed by atoms with Crippen molar-refractivity contribution in [1.29, 1.82) is 0 Å². The predicted molar refractivity (Wildman–Crippen MR) is 65.4 cm³/mol. The van der Waals surface area contributed by atoms with Gasteiger partial charge in [0.1, 0.15) is 6.04 Å². The molecule has 0 fully saturated rings. The maximum atomic E-state index is 10.9. The Bertz CT molecular complexity index is 456. The van der Waals surface area contributed by atoms with E-state index < -0.39 is 16.9 Å². The van der Waals surface area contributed by atoms with E-state index in [0.29, 0.717) is 0 Å². The fourth-order valence-electron chi connectivity index (χ4n) is 1.09. The van der Waals surface area contributed by atoms with Crippen LogP contribution in [0.25, 0.3) is 0 Å². The second-order valence-electron chi connectivity index (χ2n) is 3.31. The number of rotatable bonds is 4. The number of hydrogen-bond acceptors (Lipinski definition) is 4. The average molecular weight is 278 g/mol. The van der Waals surface area contributed by atoms with Crippen molar-refractivity contribution in [3.63, 3.8) is 0 Å². The zero-order chi connectivity index (χ0) is 13.2. The van der Waals surface area contributed by atoms with Gasteiger partial charge in [-0.2, -0.15) is 0 Å². The fourth-order valence-corrected chi connectivity index (χ4v) is 1.68. The molecule has 0 aromatic heterocycles. The predicted octanol–water partition coefficient (Wildman–Crippen LogP) is 2.19. The molecule has 0 saturated heterocycles. The second-order valence-corrected chi connectivity index (χ2v) is 4.12. The van der Waals surface area contributed by atoms with Crippen molar-refractivity contribution >= 4 is 40.5 Å². The van der Waals surface area contributed by atoms with E-state index in [-0.39, 0.29) is 21.4 Å². The highest BCUT2D eigenvalue weighted by Crippen LogP contribution is 2.34. The number of halogens is 2. The molecule has 0 saturated carbocycles. The van der Waals surface area contributed by atoms with Crippen molar-refractivity contribution in [2.24, 2.45) is 5.73 Å². The largest absolute Gasteiger partial charge is 0.371 e. The minimum absolute atomic E-state index is 0.0531. The van der Waals surface area contributed by atoms with Crippen LogP contribution in [0.5, 0.6) is 0 Å². The molecule has 0 heterocycles. The highest BCUT2D eigenvalue weighted by molar-refractivity contribution is 6.39. The Labute approximate surface area is 107 Å². The monoisotopic (exact) mass is 277 g/mol. The maximum absolute atomic E-state index is 10.9. The molecule has 8 heteroatoms. The van der Waals surface area contributed by atoms with Gasteiger partial charge in [-0.1, -0.05) is 23.2 Å². The van der Waals surface area contributed by atoms with Gasteiger partial charge in [0.15, 0.2) is 0 Å². The van der Waals surface area contributed by atoms with Gasteiger partial charge in [0, 0.05) is 12.1 Å². The lowest BCUT2D eigenvalue weighted by Crippen LogP contribution is -2.32. The first kappa shape index (κ1) is 13.5. The van der Waals surface area contributed by atoms with Gasteiger partial charge in [-0.3, -0.25) is 14.9 Å². The number of nitro benzene ring substituents is 1. The van der Waals surface area contributed by atoms with Crippen molar-refractivity contribution in [2.45, 2.75) is 13.0 Å². The van der Waals surface area contributed by atoms with E-state index in [4.69, 9.17) is 28.9 Å². The molecule has 1 atom stereocenters. The Hall–Kier alpha value is -1.53. The van der Waals surface area contributed by atoms with E-state index in [1.54, 1.807) is 0 Å². The Kier molecular flexibility index (Phi) is 4.14. The number of nitrogens with zero attached hydrogens (tertiary/aromatic N) is 1. The van der Waals surface area contributed by atoms with E-state index in [1.807, 2.05) is 0 Å². The summed E-state index contributed by atoms with van der Waals surface area (Å²) in [6.07, 6.45) is 0. The van der Waals surface area contributed by atoms with Gasteiger partial charge in [-0.25, -0.2) is 0 Å². The molecule has 0 aliphatic carbocycles. The van der Waals surface area contributed by atoms with E-state index >= 15 is 0 Å². The van der Waals surface area contributed by atoms with Crippen LogP contribution >= 0.6 is 23.2 Å². The number of carbonyl (C=O) groups excluding carboxylic acids is 1. The molecule has 0 bridgehead atoms. The van der Waals surface area contributed by atoms with Crippen LogP contribution in [0.4, 0.5) is 11.4 Å². The third kappa shape index (κ3) is 3.21. The molecule has 1 aromatic carbocycles. The highest BCUT2D eigenvalue weighted by Gasteiger charge is 2.17. The van der Waals surface area contributed by atoms with Gasteiger partial charge < -0.3 is 11.1 Å². The van der Waals surface area contributed by atoms with E-state index in [2.05, 4.69) is 5.32 Å². The van der Waals surface area contributed by atoms with Crippen LogP contribution in [0.15, 0.2) is 12.1 Å². The molecule has 17 heavy (non-hydrogen) atoms. The van der Waals surface area contributed by atoms with Crippen LogP contribution in [0.2, 0.25) is 10.0 Å². The second kappa shape index (κ2) is 5.20. The molecule has 0 aliphatic rings. The number of nitrogens with two attached hydrogens (primary N) is 1. The topological polar surface area (TPSA) is 98.3 Å². The molecule has 1 amide bonds. The lowest BCUT2D eigenvalue weighted by molar-refractivity contribution is -0.384. The van der Waals surface area contributed by atoms with Crippen LogP contribution < -0.4 is 11.1 Å². The normalized spacial score (nSPS) is 11.9. The number of carbonyl (C=O) groups is 1. The zero-order valence-corrected chi connectivity index (χ0v) is 10.2. The molecule has 92 valence electrons. The van der Waals surface area contributed by atoms with Gasteiger partial charge in [0.05, 0.1) is 20.7 Å². The van der Waals surface area contributed by atoms with Gasteiger partial charge in [0.2, 0.25) is 5.91 Å². The van der Waals surface area contributed by atoms with Crippen molar-refractivity contribution in [3.8, 4) is 0 Å². The lowest BCUT2D eigenvalue weighted by atomic mass is 10.2. The summed E-state index contributed by atoms with van der Waals surface area (Å²) >= 11 is 11.6. The van der Waals surface area contributed by atoms with Crippen LogP contribution in [0.3, 0.4) is 0 Å². The first-order chi connectivity index (χ1) is 7.82. The van der Waals surface area contributed by atoms with E-state index in [1.165, 1.54) is 6.92 Å². The van der Waals surface area contributed by atoms with Gasteiger partial charge >= 0.3 is 0 Å². The summed E-state index contributed by atoms with van der Waals surface area (Å²) in [5.41, 5.74) is 5.08. The molecule has 3 N–H and O–H groups in total. The van der Waals surface area contributed by atoms with Crippen LogP contribution in [0, 0.1) is 10.1 Å². The van der Waals surface area contributed by atoms with Crippen LogP contribution in [-0.2, 0) is 4.79 Å². The molecule has 0 spiro atoms. The Morgan fingerprint density at radius 2 is 1.94 bits per heavy atom. The minimum Gasteiger partial charge on any atom is -0.371 e. The van der Waals surface area contributed by atoms with Crippen molar-refractivity contribution in [1.82, 2.24) is 0 Å². The Morgan fingerprint density at radius 3 is 2.29 bits per heavy atom. The number of benzene rings is 1. The summed E-state index contributed by atoms with van der Waals surface area (Å²) in [6.45, 7) is 1.52. The standard InChI is InChI=1S/C9H9Cl2N3O3/c1-4(9(12)15)13-8-6(10)2-5(14(16)17)3-7(8)11/h2-4,13H,1H3,(H2,12,15). The summed E-state index contributed by atoms with van der Waals surface area (Å²) in [5.74, 6) is -0.588. The summed E-state index contributed by atoms with van der Waals surface area (Å²) < 4.78 is 0. The maximum Gasteiger partial charge on any atom is 0.272 e. The summed E-state index contributed by atoms with van der Waals surface area (Å²) in [4.78, 5) is 20.8. The smallest absolute Gasteiger partial charge is 0.272 e. The van der Waals surface area contributed by atoms with Crippen LogP contribution in [-0.4, -0.2) is 16.9 Å². The number of nitro groups is 1. The Morgan fingerprint density at radius 1 is 1.47 bits per heavy atom. The molecule has 0 radical (unpaired) electrons. The van der Waals surface area contributed by atoms with Crippen LogP contribution in [0.1, 0.15) is 6.92 Å². The SMILES string of the molecule is CC(Nc1c(Cl)cc([N+](=O)[O-])cc1Cl)C(N)=O. The molecular formula is C9H9Cl2N3O3. The molecule has 0 aliphatic heterocycles. The van der Waals surface area contributed by atoms with Crippen molar-refractivity contribution in [2.75, 3.05) is 5.32 Å². The molecule has 1 aromatic rings. The molecule has 1 rings (SSSR count). The number of anilines is 1. The van der Waals surface area contributed by atoms with E-state index in [0.717, 1.165) is 12.1 Å². The van der Waals surface area contributed by atoms with Gasteiger partial charge in [-0.05, 0) is 6.92 Å². The summed E-state index contributed by atoms with van der Waals surface area (Å²) in [6, 6.07) is 1.60. The first-order valence-corrected chi connectivity index (χ1v) is 5.27. The first-order valence-electron chi connectivity index (χ1n) is 4.52. The minimum atomic E-state index is -0.688. The van der Waals surface area contributed by atoms with Gasteiger partial charge in [-0.15, -0.1) is 0 Å². The van der Waals surface area contributed by atoms with Gasteiger partial charge in [0.25, 0.3) is 5.69 Å². The number of non-ortho nitro benzene ring substituents is 1. The Balaban J connectivity index is 3.10. The third-order valence-electron chi connectivity index (χ3n) is 2.03. The van der Waals surface area contributed by atoms with Crippen molar-refractivity contribution in [3.05, 3.63) is 32.3 Å². The fraction of sp³-hybridized carbons (Fsp3) is 0.222. The summed E-state index contributed by atoms with van der Waals surface area (Å²) in [7, 11) is 0. The average Bonchev–Trinajstić information content (AvgIpc) is 2.22. The number of primary amides is 1. The third-order valence-corrected chi connectivity index (χ3v) is 2.62. The number of nitrogens with one attached hydrogen (secondary N) is 1. The molecule has 1 unspecified atom stereocenters. The molecular weight excluding hydrogens is 269 g/mol. The quantitative estimate of drug-likeness (QED) is 0.651. The summed E-state index contributed by atoms with van der Waals surface area (Å²) in [5, 5.41) is 13.3. The highest BCUT2D eigenvalue weighted by atomic mass is 35.5. The molecule has 6 nitrogen and oxygen atoms in total.